The summed E-state index contributed by atoms with van der Waals surface area (Å²) in [7, 11) is -6.70. The molecular formula is C14H16F5O5S-. The molecule has 11 heteroatoms. The summed E-state index contributed by atoms with van der Waals surface area (Å²) in [4.78, 5) is 11.9. The first-order chi connectivity index (χ1) is 11.2. The van der Waals surface area contributed by atoms with E-state index in [1.807, 2.05) is 0 Å². The fraction of sp³-hybridized carbons (Fsp3) is 0.929. The molecular weight excluding hydrogens is 375 g/mol. The Labute approximate surface area is 140 Å². The topological polar surface area (TPSA) is 83.5 Å². The summed E-state index contributed by atoms with van der Waals surface area (Å²) in [5.74, 6) is -6.24. The minimum absolute atomic E-state index is 0.159. The summed E-state index contributed by atoms with van der Waals surface area (Å²) in [6.07, 6.45) is -2.48. The maximum absolute atomic E-state index is 13.6. The second-order valence-corrected chi connectivity index (χ2v) is 8.96. The lowest BCUT2D eigenvalue weighted by Crippen LogP contribution is -2.56. The largest absolute Gasteiger partial charge is 0.743 e. The van der Waals surface area contributed by atoms with Crippen molar-refractivity contribution in [3.63, 3.8) is 0 Å². The third-order valence-electron chi connectivity index (χ3n) is 5.53. The molecule has 0 saturated heterocycles. The van der Waals surface area contributed by atoms with Gasteiger partial charge in [0.1, 0.15) is 5.60 Å². The van der Waals surface area contributed by atoms with E-state index >= 15 is 0 Å². The number of carbonyl (C=O) groups is 1. The molecule has 0 spiro atoms. The van der Waals surface area contributed by atoms with E-state index < -0.39 is 39.0 Å². The molecule has 144 valence electrons. The van der Waals surface area contributed by atoms with E-state index in [4.69, 9.17) is 4.74 Å². The van der Waals surface area contributed by atoms with Crippen molar-refractivity contribution in [1.82, 2.24) is 0 Å². The molecule has 0 heterocycles. The molecule has 25 heavy (non-hydrogen) atoms. The van der Waals surface area contributed by atoms with E-state index in [9.17, 15) is 39.7 Å². The average molecular weight is 391 g/mol. The Morgan fingerprint density at radius 2 is 1.40 bits per heavy atom. The molecule has 4 fully saturated rings. The van der Waals surface area contributed by atoms with Gasteiger partial charge in [-0.2, -0.15) is 22.0 Å². The third-order valence-corrected chi connectivity index (χ3v) is 6.43. The third kappa shape index (κ3) is 3.24. The molecule has 4 aliphatic carbocycles. The molecule has 1 atom stereocenters. The van der Waals surface area contributed by atoms with Crippen LogP contribution in [0, 0.1) is 23.7 Å². The number of carbonyl (C=O) groups excluding carboxylic acids is 1. The van der Waals surface area contributed by atoms with Crippen LogP contribution in [-0.4, -0.2) is 36.0 Å². The number of rotatable bonds is 4. The normalized spacial score (nSPS) is 36.3. The lowest BCUT2D eigenvalue weighted by Gasteiger charge is -2.56. The highest BCUT2D eigenvalue weighted by Gasteiger charge is 2.66. The van der Waals surface area contributed by atoms with E-state index in [-0.39, 0.29) is 37.0 Å². The van der Waals surface area contributed by atoms with Crippen LogP contribution in [0.25, 0.3) is 0 Å². The van der Waals surface area contributed by atoms with Crippen molar-refractivity contribution >= 4 is 16.1 Å². The number of hydrogen-bond donors (Lipinski definition) is 0. The fourth-order valence-corrected chi connectivity index (χ4v) is 5.55. The van der Waals surface area contributed by atoms with Gasteiger partial charge >= 0.3 is 17.4 Å². The predicted octanol–water partition coefficient (Wildman–Crippen LogP) is 2.81. The maximum Gasteiger partial charge on any atom is 0.409 e. The Balaban J connectivity index is 1.87. The Morgan fingerprint density at radius 3 is 1.72 bits per heavy atom. The number of halogens is 5. The summed E-state index contributed by atoms with van der Waals surface area (Å²) in [5, 5.41) is -5.83. The van der Waals surface area contributed by atoms with Gasteiger partial charge in [0.05, 0.1) is 0 Å². The van der Waals surface area contributed by atoms with Gasteiger partial charge in [0.25, 0.3) is 0 Å². The number of ether oxygens (including phenoxy) is 1. The molecule has 0 aliphatic heterocycles. The number of alkyl halides is 5. The minimum atomic E-state index is -6.70. The van der Waals surface area contributed by atoms with Crippen LogP contribution in [0.15, 0.2) is 0 Å². The van der Waals surface area contributed by atoms with Crippen LogP contribution < -0.4 is 0 Å². The molecule has 0 aromatic heterocycles. The highest BCUT2D eigenvalue weighted by Crippen LogP contribution is 2.57. The summed E-state index contributed by atoms with van der Waals surface area (Å²) < 4.78 is 103. The van der Waals surface area contributed by atoms with Gasteiger partial charge in [-0.25, -0.2) is 8.42 Å². The van der Waals surface area contributed by atoms with Gasteiger partial charge in [-0.3, -0.25) is 4.79 Å². The van der Waals surface area contributed by atoms with Crippen molar-refractivity contribution in [3.05, 3.63) is 0 Å². The summed E-state index contributed by atoms with van der Waals surface area (Å²) in [5.41, 5.74) is -1.27. The smallest absolute Gasteiger partial charge is 0.409 e. The van der Waals surface area contributed by atoms with Crippen LogP contribution in [0.1, 0.15) is 38.5 Å². The molecule has 4 bridgehead atoms. The minimum Gasteiger partial charge on any atom is -0.743 e. The standard InChI is InChI=1S/C14H17F5O5S/c15-13(16,17)10(14(18,19)25(21,22)23)11(20)24-12-4-7-1-8(5-12)3-9(2-7)6-12/h7-10H,1-6H2,(H,21,22,23)/p-1. The summed E-state index contributed by atoms with van der Waals surface area (Å²) >= 11 is 0. The molecule has 0 aromatic rings. The Hall–Kier alpha value is -0.970. The van der Waals surface area contributed by atoms with E-state index in [2.05, 4.69) is 0 Å². The quantitative estimate of drug-likeness (QED) is 0.418. The van der Waals surface area contributed by atoms with Gasteiger partial charge in [-0.15, -0.1) is 0 Å². The highest BCUT2D eigenvalue weighted by atomic mass is 32.2. The van der Waals surface area contributed by atoms with Crippen molar-refractivity contribution in [3.8, 4) is 0 Å². The molecule has 5 nitrogen and oxygen atoms in total. The van der Waals surface area contributed by atoms with Crippen molar-refractivity contribution in [2.24, 2.45) is 23.7 Å². The lowest BCUT2D eigenvalue weighted by molar-refractivity contribution is -0.243. The van der Waals surface area contributed by atoms with Gasteiger partial charge in [-0.05, 0) is 56.3 Å². The van der Waals surface area contributed by atoms with Gasteiger partial charge in [0.15, 0.2) is 10.1 Å². The first-order valence-corrected chi connectivity index (χ1v) is 9.27. The van der Waals surface area contributed by atoms with E-state index in [1.165, 1.54) is 0 Å². The van der Waals surface area contributed by atoms with Crippen molar-refractivity contribution in [2.75, 3.05) is 0 Å². The molecule has 0 amide bonds. The van der Waals surface area contributed by atoms with E-state index in [0.717, 1.165) is 19.3 Å². The fourth-order valence-electron chi connectivity index (χ4n) is 5.03. The van der Waals surface area contributed by atoms with Gasteiger partial charge < -0.3 is 9.29 Å². The predicted molar refractivity (Wildman–Crippen MR) is 71.2 cm³/mol. The number of esters is 1. The zero-order valence-corrected chi connectivity index (χ0v) is 13.7. The van der Waals surface area contributed by atoms with Crippen LogP contribution in [0.4, 0.5) is 22.0 Å². The molecule has 0 aromatic carbocycles. The zero-order valence-electron chi connectivity index (χ0n) is 12.9. The zero-order chi connectivity index (χ0) is 18.8. The Morgan fingerprint density at radius 1 is 1.00 bits per heavy atom. The maximum atomic E-state index is 13.6. The SMILES string of the molecule is O=C(OC12CC3CC(CC(C3)C1)C2)C(C(F)(F)F)C(F)(F)S(=O)(=O)[O-]. The second kappa shape index (κ2) is 5.51. The van der Waals surface area contributed by atoms with Crippen molar-refractivity contribution in [1.29, 1.82) is 0 Å². The monoisotopic (exact) mass is 391 g/mol. The molecule has 0 radical (unpaired) electrons. The molecule has 4 saturated carbocycles. The molecule has 0 N–H and O–H groups in total. The van der Waals surface area contributed by atoms with Crippen molar-refractivity contribution < 1.29 is 44.5 Å². The molecule has 4 rings (SSSR count). The average Bonchev–Trinajstić information content (AvgIpc) is 2.31. The van der Waals surface area contributed by atoms with Gasteiger partial charge in [0.2, 0.25) is 5.92 Å². The van der Waals surface area contributed by atoms with Crippen LogP contribution in [0.5, 0.6) is 0 Å². The Kier molecular flexibility index (Phi) is 4.15. The Bertz CT molecular complexity index is 636. The summed E-state index contributed by atoms with van der Waals surface area (Å²) in [6, 6.07) is 0. The summed E-state index contributed by atoms with van der Waals surface area (Å²) in [6.45, 7) is 0. The molecule has 4 aliphatic rings. The van der Waals surface area contributed by atoms with Crippen LogP contribution in [0.2, 0.25) is 0 Å². The van der Waals surface area contributed by atoms with Gasteiger partial charge in [-0.1, -0.05) is 0 Å². The van der Waals surface area contributed by atoms with Crippen molar-refractivity contribution in [2.45, 2.75) is 55.6 Å². The van der Waals surface area contributed by atoms with E-state index in [1.54, 1.807) is 0 Å². The highest BCUT2D eigenvalue weighted by molar-refractivity contribution is 7.86. The van der Waals surface area contributed by atoms with Crippen LogP contribution in [-0.2, 0) is 19.6 Å². The van der Waals surface area contributed by atoms with Gasteiger partial charge in [0, 0.05) is 0 Å². The lowest BCUT2D eigenvalue weighted by atomic mass is 9.54. The molecule has 1 unspecified atom stereocenters. The second-order valence-electron chi connectivity index (χ2n) is 7.51. The van der Waals surface area contributed by atoms with Crippen LogP contribution in [0.3, 0.4) is 0 Å². The first kappa shape index (κ1) is 18.8. The first-order valence-electron chi connectivity index (χ1n) is 7.86. The van der Waals surface area contributed by atoms with E-state index in [0.29, 0.717) is 0 Å². The van der Waals surface area contributed by atoms with Crippen LogP contribution >= 0.6 is 0 Å². The number of hydrogen-bond acceptors (Lipinski definition) is 5.